The summed E-state index contributed by atoms with van der Waals surface area (Å²) < 4.78 is 3.36. The second-order valence-electron chi connectivity index (χ2n) is 3.09. The number of nitrogens with zero attached hydrogens (tertiary/aromatic N) is 1. The molecule has 0 aromatic rings. The van der Waals surface area contributed by atoms with Crippen molar-refractivity contribution in [2.75, 3.05) is 6.61 Å². The molecule has 1 unspecified atom stereocenters. The molecule has 1 aliphatic rings. The third-order valence-corrected chi connectivity index (χ3v) is 3.28. The van der Waals surface area contributed by atoms with E-state index in [1.54, 1.807) is 6.92 Å². The third kappa shape index (κ3) is 2.17. The van der Waals surface area contributed by atoms with Gasteiger partial charge in [0.15, 0.2) is 9.91 Å². The van der Waals surface area contributed by atoms with E-state index in [2.05, 4.69) is 5.32 Å². The Balaban J connectivity index is 2.93. The maximum atomic E-state index is 11.7. The maximum absolute atomic E-state index is 11.7. The SMILES string of the molecule is CCOC(=O)C1(CCC#N)SC(=N)NC1=O. The largest absolute Gasteiger partial charge is 0.465 e. The van der Waals surface area contributed by atoms with Crippen LogP contribution in [0.5, 0.6) is 0 Å². The Kier molecular flexibility index (Phi) is 3.90. The Morgan fingerprint density at radius 2 is 2.44 bits per heavy atom. The number of ether oxygens (including phenoxy) is 1. The second-order valence-corrected chi connectivity index (χ2v) is 4.40. The quantitative estimate of drug-likeness (QED) is 0.547. The van der Waals surface area contributed by atoms with Crippen molar-refractivity contribution in [2.45, 2.75) is 24.5 Å². The van der Waals surface area contributed by atoms with Crippen molar-refractivity contribution in [3.63, 3.8) is 0 Å². The van der Waals surface area contributed by atoms with Crippen LogP contribution in [0.1, 0.15) is 19.8 Å². The van der Waals surface area contributed by atoms with Crippen LogP contribution in [0.4, 0.5) is 0 Å². The van der Waals surface area contributed by atoms with Crippen LogP contribution in [0.2, 0.25) is 0 Å². The molecular weight excluding hydrogens is 230 g/mol. The first-order chi connectivity index (χ1) is 7.56. The summed E-state index contributed by atoms with van der Waals surface area (Å²) in [7, 11) is 0. The van der Waals surface area contributed by atoms with Crippen LogP contribution in [0, 0.1) is 16.7 Å². The van der Waals surface area contributed by atoms with Crippen LogP contribution in [-0.2, 0) is 14.3 Å². The fraction of sp³-hybridized carbons (Fsp3) is 0.556. The highest BCUT2D eigenvalue weighted by Gasteiger charge is 2.53. The summed E-state index contributed by atoms with van der Waals surface area (Å²) in [5, 5.41) is 18.0. The van der Waals surface area contributed by atoms with E-state index in [9.17, 15) is 9.59 Å². The van der Waals surface area contributed by atoms with E-state index in [1.165, 1.54) is 0 Å². The molecule has 7 heteroatoms. The molecule has 6 nitrogen and oxygen atoms in total. The molecule has 1 heterocycles. The Morgan fingerprint density at radius 1 is 1.75 bits per heavy atom. The summed E-state index contributed by atoms with van der Waals surface area (Å²) in [6.07, 6.45) is 0.119. The number of amidine groups is 1. The highest BCUT2D eigenvalue weighted by molar-refractivity contribution is 8.16. The lowest BCUT2D eigenvalue weighted by molar-refractivity contribution is -0.149. The van der Waals surface area contributed by atoms with Crippen LogP contribution in [0.15, 0.2) is 0 Å². The number of carbonyl (C=O) groups excluding carboxylic acids is 2. The summed E-state index contributed by atoms with van der Waals surface area (Å²) in [5.74, 6) is -1.26. The van der Waals surface area contributed by atoms with Gasteiger partial charge in [-0.2, -0.15) is 5.26 Å². The molecule has 16 heavy (non-hydrogen) atoms. The standard InChI is InChI=1S/C9H11N3O3S/c1-2-15-7(14)9(4-3-5-10)6(13)12-8(11)16-9/h2-4H2,1H3,(H2,11,12,13). The molecule has 1 saturated heterocycles. The molecular formula is C9H11N3O3S. The van der Waals surface area contributed by atoms with E-state index in [1.807, 2.05) is 6.07 Å². The molecule has 0 spiro atoms. The predicted octanol–water partition coefficient (Wildman–Crippen LogP) is 0.390. The lowest BCUT2D eigenvalue weighted by Crippen LogP contribution is -2.45. The number of rotatable bonds is 4. The fourth-order valence-corrected chi connectivity index (χ4v) is 2.31. The zero-order valence-electron chi connectivity index (χ0n) is 8.70. The normalized spacial score (nSPS) is 23.8. The Labute approximate surface area is 96.8 Å². The Bertz CT molecular complexity index is 377. The molecule has 86 valence electrons. The zero-order valence-corrected chi connectivity index (χ0v) is 9.52. The van der Waals surface area contributed by atoms with E-state index in [0.29, 0.717) is 0 Å². The number of amides is 1. The average Bonchev–Trinajstić information content (AvgIpc) is 2.52. The zero-order chi connectivity index (χ0) is 12.2. The van der Waals surface area contributed by atoms with Crippen LogP contribution in [0.3, 0.4) is 0 Å². The highest BCUT2D eigenvalue weighted by Crippen LogP contribution is 2.36. The smallest absolute Gasteiger partial charge is 0.332 e. The molecule has 1 fully saturated rings. The lowest BCUT2D eigenvalue weighted by atomic mass is 10.0. The van der Waals surface area contributed by atoms with Crippen molar-refractivity contribution in [3.8, 4) is 6.07 Å². The van der Waals surface area contributed by atoms with Gasteiger partial charge in [0, 0.05) is 6.42 Å². The number of nitriles is 1. The van der Waals surface area contributed by atoms with Gasteiger partial charge in [-0.15, -0.1) is 0 Å². The van der Waals surface area contributed by atoms with E-state index < -0.39 is 16.6 Å². The number of hydrogen-bond acceptors (Lipinski definition) is 6. The minimum atomic E-state index is -1.46. The van der Waals surface area contributed by atoms with E-state index in [-0.39, 0.29) is 24.6 Å². The van der Waals surface area contributed by atoms with Crippen molar-refractivity contribution in [1.29, 1.82) is 10.7 Å². The monoisotopic (exact) mass is 241 g/mol. The van der Waals surface area contributed by atoms with Crippen LogP contribution in [0.25, 0.3) is 0 Å². The first-order valence-electron chi connectivity index (χ1n) is 4.70. The van der Waals surface area contributed by atoms with Gasteiger partial charge in [-0.05, 0) is 13.3 Å². The number of nitrogens with one attached hydrogen (secondary N) is 2. The van der Waals surface area contributed by atoms with Crippen LogP contribution in [-0.4, -0.2) is 28.4 Å². The van der Waals surface area contributed by atoms with Crippen molar-refractivity contribution < 1.29 is 14.3 Å². The predicted molar refractivity (Wildman–Crippen MR) is 57.7 cm³/mol. The van der Waals surface area contributed by atoms with Gasteiger partial charge in [-0.3, -0.25) is 10.2 Å². The van der Waals surface area contributed by atoms with Gasteiger partial charge in [0.05, 0.1) is 12.7 Å². The van der Waals surface area contributed by atoms with Gasteiger partial charge >= 0.3 is 5.97 Å². The van der Waals surface area contributed by atoms with Gasteiger partial charge in [0.25, 0.3) is 5.91 Å². The molecule has 1 rings (SSSR count). The molecule has 1 amide bonds. The minimum Gasteiger partial charge on any atom is -0.465 e. The number of thioether (sulfide) groups is 1. The molecule has 0 saturated carbocycles. The van der Waals surface area contributed by atoms with E-state index in [4.69, 9.17) is 15.4 Å². The number of esters is 1. The molecule has 0 aromatic carbocycles. The molecule has 0 bridgehead atoms. The van der Waals surface area contributed by atoms with E-state index >= 15 is 0 Å². The van der Waals surface area contributed by atoms with Crippen molar-refractivity contribution in [3.05, 3.63) is 0 Å². The Hall–Kier alpha value is -1.55. The molecule has 1 aliphatic heterocycles. The second kappa shape index (κ2) is 4.99. The van der Waals surface area contributed by atoms with Gasteiger partial charge in [0.1, 0.15) is 0 Å². The first kappa shape index (κ1) is 12.5. The molecule has 0 aromatic heterocycles. The van der Waals surface area contributed by atoms with Crippen LogP contribution >= 0.6 is 11.8 Å². The van der Waals surface area contributed by atoms with Gasteiger partial charge in [0.2, 0.25) is 0 Å². The number of hydrogen-bond donors (Lipinski definition) is 2. The summed E-state index contributed by atoms with van der Waals surface area (Å²) >= 11 is 0.806. The summed E-state index contributed by atoms with van der Waals surface area (Å²) in [6, 6.07) is 1.88. The van der Waals surface area contributed by atoms with E-state index in [0.717, 1.165) is 11.8 Å². The summed E-state index contributed by atoms with van der Waals surface area (Å²) in [6.45, 7) is 1.80. The fourth-order valence-electron chi connectivity index (χ4n) is 1.33. The van der Waals surface area contributed by atoms with Gasteiger partial charge < -0.3 is 10.1 Å². The minimum absolute atomic E-state index is 0.0568. The number of carbonyl (C=O) groups is 2. The highest BCUT2D eigenvalue weighted by atomic mass is 32.2. The average molecular weight is 241 g/mol. The van der Waals surface area contributed by atoms with Gasteiger partial charge in [-0.1, -0.05) is 11.8 Å². The van der Waals surface area contributed by atoms with Crippen molar-refractivity contribution in [2.24, 2.45) is 0 Å². The molecule has 2 N–H and O–H groups in total. The lowest BCUT2D eigenvalue weighted by Gasteiger charge is -2.20. The van der Waals surface area contributed by atoms with Crippen molar-refractivity contribution in [1.82, 2.24) is 5.32 Å². The first-order valence-corrected chi connectivity index (χ1v) is 5.51. The molecule has 0 radical (unpaired) electrons. The maximum Gasteiger partial charge on any atom is 0.332 e. The molecule has 0 aliphatic carbocycles. The van der Waals surface area contributed by atoms with Crippen LogP contribution < -0.4 is 5.32 Å². The molecule has 1 atom stereocenters. The third-order valence-electron chi connectivity index (χ3n) is 2.06. The topological polar surface area (TPSA) is 103 Å². The summed E-state index contributed by atoms with van der Waals surface area (Å²) in [4.78, 5) is 23.4. The summed E-state index contributed by atoms with van der Waals surface area (Å²) in [5.41, 5.74) is 0. The van der Waals surface area contributed by atoms with Gasteiger partial charge in [-0.25, -0.2) is 4.79 Å². The Morgan fingerprint density at radius 3 is 2.88 bits per heavy atom. The van der Waals surface area contributed by atoms with Crippen molar-refractivity contribution >= 4 is 28.8 Å².